The highest BCUT2D eigenvalue weighted by Gasteiger charge is 2.27. The van der Waals surface area contributed by atoms with Gasteiger partial charge in [0.2, 0.25) is 0 Å². The summed E-state index contributed by atoms with van der Waals surface area (Å²) in [6, 6.07) is 8.84. The van der Waals surface area contributed by atoms with Crippen molar-refractivity contribution in [3.05, 3.63) is 35.4 Å². The number of hydrogen-bond donors (Lipinski definition) is 1. The molecule has 2 aliphatic rings. The van der Waals surface area contributed by atoms with E-state index in [1.165, 1.54) is 17.5 Å². The molecule has 0 saturated carbocycles. The smallest absolute Gasteiger partial charge is 0.317 e. The molecule has 4 heteroatoms. The molecule has 1 aromatic carbocycles. The van der Waals surface area contributed by atoms with Gasteiger partial charge < -0.3 is 15.1 Å². The van der Waals surface area contributed by atoms with Gasteiger partial charge in [-0.25, -0.2) is 4.79 Å². The average Bonchev–Trinajstić information content (AvgIpc) is 3.00. The second-order valence-corrected chi connectivity index (χ2v) is 7.43. The molecule has 1 aliphatic carbocycles. The molecule has 2 amide bonds. The predicted molar refractivity (Wildman–Crippen MR) is 93.6 cm³/mol. The van der Waals surface area contributed by atoms with Crippen LogP contribution in [0.2, 0.25) is 0 Å². The lowest BCUT2D eigenvalue weighted by Crippen LogP contribution is -2.41. The van der Waals surface area contributed by atoms with E-state index in [4.69, 9.17) is 0 Å². The third kappa shape index (κ3) is 4.25. The van der Waals surface area contributed by atoms with Gasteiger partial charge in [0.1, 0.15) is 0 Å². The highest BCUT2D eigenvalue weighted by Crippen LogP contribution is 2.25. The molecule has 1 heterocycles. The van der Waals surface area contributed by atoms with Gasteiger partial charge in [0.05, 0.1) is 0 Å². The molecule has 1 aromatic rings. The molecule has 0 aromatic heterocycles. The highest BCUT2D eigenvalue weighted by atomic mass is 16.2. The topological polar surface area (TPSA) is 35.6 Å². The SMILES string of the molecule is CN(C)C[C@@H]1CCN(C(=O)NC[C@H]2CCc3ccccc3C2)C1. The average molecular weight is 315 g/mol. The van der Waals surface area contributed by atoms with E-state index in [2.05, 4.69) is 48.6 Å². The Labute approximate surface area is 139 Å². The summed E-state index contributed by atoms with van der Waals surface area (Å²) in [4.78, 5) is 16.6. The van der Waals surface area contributed by atoms with Crippen LogP contribution in [0.25, 0.3) is 0 Å². The summed E-state index contributed by atoms with van der Waals surface area (Å²) in [5.74, 6) is 1.20. The first kappa shape index (κ1) is 16.3. The Balaban J connectivity index is 1.44. The van der Waals surface area contributed by atoms with Crippen LogP contribution in [-0.2, 0) is 12.8 Å². The van der Waals surface area contributed by atoms with Crippen molar-refractivity contribution in [2.24, 2.45) is 11.8 Å². The van der Waals surface area contributed by atoms with Gasteiger partial charge >= 0.3 is 6.03 Å². The minimum absolute atomic E-state index is 0.130. The molecule has 23 heavy (non-hydrogen) atoms. The van der Waals surface area contributed by atoms with Crippen LogP contribution in [0.3, 0.4) is 0 Å². The van der Waals surface area contributed by atoms with Crippen molar-refractivity contribution in [2.45, 2.75) is 25.7 Å². The molecule has 2 atom stereocenters. The fourth-order valence-corrected chi connectivity index (χ4v) is 3.97. The van der Waals surface area contributed by atoms with Gasteiger partial charge in [0.25, 0.3) is 0 Å². The molecule has 3 rings (SSSR count). The van der Waals surface area contributed by atoms with Gasteiger partial charge in [-0.2, -0.15) is 0 Å². The van der Waals surface area contributed by atoms with E-state index in [1.807, 2.05) is 4.90 Å². The van der Waals surface area contributed by atoms with Crippen molar-refractivity contribution in [1.29, 1.82) is 0 Å². The Hall–Kier alpha value is -1.55. The molecular formula is C19H29N3O. The maximum atomic E-state index is 12.4. The summed E-state index contributed by atoms with van der Waals surface area (Å²) in [5, 5.41) is 3.17. The van der Waals surface area contributed by atoms with Gasteiger partial charge in [-0.15, -0.1) is 0 Å². The molecule has 1 saturated heterocycles. The van der Waals surface area contributed by atoms with Crippen molar-refractivity contribution in [3.63, 3.8) is 0 Å². The number of carbonyl (C=O) groups excluding carboxylic acids is 1. The maximum Gasteiger partial charge on any atom is 0.317 e. The van der Waals surface area contributed by atoms with Gasteiger partial charge in [-0.05, 0) is 62.7 Å². The Morgan fingerprint density at radius 2 is 2.00 bits per heavy atom. The van der Waals surface area contributed by atoms with Crippen molar-refractivity contribution in [3.8, 4) is 0 Å². The van der Waals surface area contributed by atoms with Crippen LogP contribution in [0.4, 0.5) is 4.79 Å². The van der Waals surface area contributed by atoms with E-state index in [9.17, 15) is 4.79 Å². The van der Waals surface area contributed by atoms with Crippen LogP contribution in [-0.4, -0.2) is 56.1 Å². The first-order valence-electron chi connectivity index (χ1n) is 8.86. The van der Waals surface area contributed by atoms with Crippen LogP contribution in [0.15, 0.2) is 24.3 Å². The van der Waals surface area contributed by atoms with E-state index < -0.39 is 0 Å². The zero-order chi connectivity index (χ0) is 16.2. The van der Waals surface area contributed by atoms with Crippen LogP contribution in [0, 0.1) is 11.8 Å². The predicted octanol–water partition coefficient (Wildman–Crippen LogP) is 2.38. The molecule has 0 radical (unpaired) electrons. The molecule has 0 unspecified atom stereocenters. The van der Waals surface area contributed by atoms with Crippen molar-refractivity contribution in [1.82, 2.24) is 15.1 Å². The third-order valence-corrected chi connectivity index (χ3v) is 5.19. The quantitative estimate of drug-likeness (QED) is 0.926. The molecule has 1 fully saturated rings. The van der Waals surface area contributed by atoms with Crippen molar-refractivity contribution in [2.75, 3.05) is 40.3 Å². The number of urea groups is 1. The second-order valence-electron chi connectivity index (χ2n) is 7.43. The number of likely N-dealkylation sites (tertiary alicyclic amines) is 1. The summed E-state index contributed by atoms with van der Waals surface area (Å²) in [5.41, 5.74) is 2.95. The van der Waals surface area contributed by atoms with Crippen LogP contribution < -0.4 is 5.32 Å². The molecular weight excluding hydrogens is 286 g/mol. The van der Waals surface area contributed by atoms with E-state index in [0.717, 1.165) is 45.4 Å². The first-order valence-corrected chi connectivity index (χ1v) is 8.86. The number of amides is 2. The maximum absolute atomic E-state index is 12.4. The number of nitrogens with one attached hydrogen (secondary N) is 1. The summed E-state index contributed by atoms with van der Waals surface area (Å²) in [6.07, 6.45) is 4.55. The van der Waals surface area contributed by atoms with Crippen molar-refractivity contribution < 1.29 is 4.79 Å². The van der Waals surface area contributed by atoms with Crippen LogP contribution >= 0.6 is 0 Å². The molecule has 0 spiro atoms. The summed E-state index contributed by atoms with van der Waals surface area (Å²) in [6.45, 7) is 3.68. The molecule has 126 valence electrons. The second kappa shape index (κ2) is 7.35. The number of benzene rings is 1. The number of fused-ring (bicyclic) bond motifs is 1. The Morgan fingerprint density at radius 3 is 2.78 bits per heavy atom. The zero-order valence-electron chi connectivity index (χ0n) is 14.4. The third-order valence-electron chi connectivity index (χ3n) is 5.19. The summed E-state index contributed by atoms with van der Waals surface area (Å²) < 4.78 is 0. The Morgan fingerprint density at radius 1 is 1.22 bits per heavy atom. The number of carbonyl (C=O) groups is 1. The van der Waals surface area contributed by atoms with Gasteiger partial charge in [0.15, 0.2) is 0 Å². The summed E-state index contributed by atoms with van der Waals surface area (Å²) in [7, 11) is 4.20. The van der Waals surface area contributed by atoms with Gasteiger partial charge in [-0.3, -0.25) is 0 Å². The van der Waals surface area contributed by atoms with E-state index >= 15 is 0 Å². The van der Waals surface area contributed by atoms with Crippen LogP contribution in [0.5, 0.6) is 0 Å². The van der Waals surface area contributed by atoms with E-state index in [-0.39, 0.29) is 6.03 Å². The normalized spacial score (nSPS) is 23.9. The monoisotopic (exact) mass is 315 g/mol. The lowest BCUT2D eigenvalue weighted by atomic mass is 9.84. The molecule has 0 bridgehead atoms. The summed E-state index contributed by atoms with van der Waals surface area (Å²) >= 11 is 0. The van der Waals surface area contributed by atoms with Crippen LogP contribution in [0.1, 0.15) is 24.0 Å². The minimum atomic E-state index is 0.130. The number of aryl methyl sites for hydroxylation is 1. The van der Waals surface area contributed by atoms with Gasteiger partial charge in [0, 0.05) is 26.2 Å². The Kier molecular flexibility index (Phi) is 5.21. The number of rotatable bonds is 4. The van der Waals surface area contributed by atoms with Crippen molar-refractivity contribution >= 4 is 6.03 Å². The van der Waals surface area contributed by atoms with Gasteiger partial charge in [-0.1, -0.05) is 24.3 Å². The zero-order valence-corrected chi connectivity index (χ0v) is 14.4. The van der Waals surface area contributed by atoms with E-state index in [1.54, 1.807) is 0 Å². The molecule has 1 aliphatic heterocycles. The molecule has 1 N–H and O–H groups in total. The standard InChI is InChI=1S/C19H29N3O/c1-21(2)13-16-9-10-22(14-16)19(23)20-12-15-7-8-17-5-3-4-6-18(17)11-15/h3-6,15-16H,7-14H2,1-2H3,(H,20,23)/t15-,16-/m0/s1. The highest BCUT2D eigenvalue weighted by molar-refractivity contribution is 5.74. The number of nitrogens with zero attached hydrogens (tertiary/aromatic N) is 2. The lowest BCUT2D eigenvalue weighted by Gasteiger charge is -2.26. The fourth-order valence-electron chi connectivity index (χ4n) is 3.97. The fraction of sp³-hybridized carbons (Fsp3) is 0.632. The number of hydrogen-bond acceptors (Lipinski definition) is 2. The largest absolute Gasteiger partial charge is 0.338 e. The minimum Gasteiger partial charge on any atom is -0.338 e. The first-order chi connectivity index (χ1) is 11.1. The lowest BCUT2D eigenvalue weighted by molar-refractivity contribution is 0.203. The Bertz CT molecular complexity index is 543. The van der Waals surface area contributed by atoms with E-state index in [0.29, 0.717) is 11.8 Å². The molecule has 4 nitrogen and oxygen atoms in total.